The molecule has 34 heavy (non-hydrogen) atoms. The van der Waals surface area contributed by atoms with Crippen molar-refractivity contribution in [3.63, 3.8) is 0 Å². The first-order valence-electron chi connectivity index (χ1n) is 12.1. The lowest BCUT2D eigenvalue weighted by molar-refractivity contribution is -0.136. The molecule has 6 nitrogen and oxygen atoms in total. The summed E-state index contributed by atoms with van der Waals surface area (Å²) in [6.45, 7) is 2.24. The van der Waals surface area contributed by atoms with Gasteiger partial charge in [0.05, 0.1) is 12.5 Å². The quantitative estimate of drug-likeness (QED) is 0.342. The van der Waals surface area contributed by atoms with E-state index in [0.29, 0.717) is 11.5 Å². The molecule has 1 aliphatic carbocycles. The molecule has 4 rings (SSSR count). The third-order valence-corrected chi connectivity index (χ3v) is 6.52. The Kier molecular flexibility index (Phi) is 7.68. The van der Waals surface area contributed by atoms with Crippen molar-refractivity contribution in [3.05, 3.63) is 77.6 Å². The molecule has 1 heterocycles. The topological polar surface area (TPSA) is 91.6 Å². The van der Waals surface area contributed by atoms with Gasteiger partial charge in [0.1, 0.15) is 11.5 Å². The molecule has 178 valence electrons. The number of carboxylic acids is 1. The number of nitrogens with one attached hydrogen (secondary N) is 2. The Morgan fingerprint density at radius 3 is 2.41 bits per heavy atom. The summed E-state index contributed by atoms with van der Waals surface area (Å²) in [5.74, 6) is 1.23. The van der Waals surface area contributed by atoms with Crippen molar-refractivity contribution in [2.45, 2.75) is 51.5 Å². The maximum atomic E-state index is 12.3. The second kappa shape index (κ2) is 11.1. The van der Waals surface area contributed by atoms with Crippen LogP contribution in [0.15, 0.2) is 65.1 Å². The highest BCUT2D eigenvalue weighted by molar-refractivity contribution is 5.94. The van der Waals surface area contributed by atoms with Crippen LogP contribution in [0.2, 0.25) is 0 Å². The van der Waals surface area contributed by atoms with E-state index in [1.54, 1.807) is 12.1 Å². The van der Waals surface area contributed by atoms with Gasteiger partial charge in [-0.3, -0.25) is 9.59 Å². The highest BCUT2D eigenvalue weighted by Gasteiger charge is 2.30. The zero-order valence-corrected chi connectivity index (χ0v) is 19.5. The minimum absolute atomic E-state index is 0.0934. The predicted octanol–water partition coefficient (Wildman–Crippen LogP) is 6.06. The van der Waals surface area contributed by atoms with E-state index in [4.69, 9.17) is 9.52 Å². The molecular weight excluding hydrogens is 428 g/mol. The van der Waals surface area contributed by atoms with E-state index in [0.717, 1.165) is 29.2 Å². The fourth-order valence-corrected chi connectivity index (χ4v) is 4.75. The van der Waals surface area contributed by atoms with Crippen LogP contribution in [-0.4, -0.2) is 23.5 Å². The Hall–Kier alpha value is -3.54. The van der Waals surface area contributed by atoms with Gasteiger partial charge in [0.15, 0.2) is 0 Å². The normalized spacial score (nSPS) is 14.6. The fourth-order valence-electron chi connectivity index (χ4n) is 4.75. The summed E-state index contributed by atoms with van der Waals surface area (Å²) in [6, 6.07) is 19.9. The van der Waals surface area contributed by atoms with Crippen LogP contribution in [0.1, 0.15) is 66.8 Å². The Morgan fingerprint density at radius 2 is 1.76 bits per heavy atom. The lowest BCUT2D eigenvalue weighted by Crippen LogP contribution is -2.26. The molecule has 3 N–H and O–H groups in total. The molecule has 0 radical (unpaired) electrons. The van der Waals surface area contributed by atoms with Gasteiger partial charge in [0.25, 0.3) is 5.91 Å². The van der Waals surface area contributed by atoms with Gasteiger partial charge in [-0.25, -0.2) is 0 Å². The summed E-state index contributed by atoms with van der Waals surface area (Å²) in [5, 5.41) is 15.1. The van der Waals surface area contributed by atoms with Crippen LogP contribution in [0.3, 0.4) is 0 Å². The Balaban J connectivity index is 1.54. The average Bonchev–Trinajstić information content (AvgIpc) is 3.54. The van der Waals surface area contributed by atoms with E-state index < -0.39 is 5.97 Å². The van der Waals surface area contributed by atoms with E-state index in [1.807, 2.05) is 30.3 Å². The summed E-state index contributed by atoms with van der Waals surface area (Å²) in [6.07, 6.45) is 5.56. The molecule has 0 saturated heterocycles. The van der Waals surface area contributed by atoms with Crippen molar-refractivity contribution < 1.29 is 19.1 Å². The van der Waals surface area contributed by atoms with Gasteiger partial charge in [-0.1, -0.05) is 50.1 Å². The minimum atomic E-state index is -0.932. The Labute approximate surface area is 200 Å². The van der Waals surface area contributed by atoms with Crippen LogP contribution in [0.5, 0.6) is 0 Å². The number of anilines is 1. The van der Waals surface area contributed by atoms with Crippen LogP contribution in [0, 0.1) is 5.92 Å². The number of hydrogen-bond acceptors (Lipinski definition) is 4. The Morgan fingerprint density at radius 1 is 1.06 bits per heavy atom. The summed E-state index contributed by atoms with van der Waals surface area (Å²) >= 11 is 0. The predicted molar refractivity (Wildman–Crippen MR) is 133 cm³/mol. The minimum Gasteiger partial charge on any atom is -0.481 e. The monoisotopic (exact) mass is 460 g/mol. The van der Waals surface area contributed by atoms with Gasteiger partial charge in [-0.15, -0.1) is 0 Å². The molecule has 1 saturated carbocycles. The molecule has 0 spiro atoms. The van der Waals surface area contributed by atoms with Crippen LogP contribution >= 0.6 is 0 Å². The molecule has 6 heteroatoms. The van der Waals surface area contributed by atoms with E-state index in [2.05, 4.69) is 35.8 Å². The Bertz CT molecular complexity index is 1100. The van der Waals surface area contributed by atoms with Crippen molar-refractivity contribution in [1.82, 2.24) is 5.32 Å². The molecule has 3 aromatic rings. The van der Waals surface area contributed by atoms with Crippen molar-refractivity contribution in [1.29, 1.82) is 0 Å². The second-order valence-electron chi connectivity index (χ2n) is 8.85. The van der Waals surface area contributed by atoms with Crippen molar-refractivity contribution in [3.8, 4) is 11.3 Å². The molecular formula is C28H32N2O4. The summed E-state index contributed by atoms with van der Waals surface area (Å²) in [5.41, 5.74) is 3.75. The van der Waals surface area contributed by atoms with E-state index >= 15 is 0 Å². The standard InChI is InChI=1S/C28H32N2O4/c1-2-24-23(18-25(34-24)19-8-4-3-5-9-19)27(20-10-6-7-11-20)30-22-14-12-21(13-15-22)28(33)29-17-16-26(31)32/h3-5,8-9,12-15,18,20,27,30H,2,6-7,10-11,16-17H2,1H3,(H,29,33)(H,31,32). The second-order valence-corrected chi connectivity index (χ2v) is 8.85. The van der Waals surface area contributed by atoms with E-state index in [1.165, 1.54) is 31.2 Å². The van der Waals surface area contributed by atoms with Crippen molar-refractivity contribution in [2.75, 3.05) is 11.9 Å². The smallest absolute Gasteiger partial charge is 0.305 e. The highest BCUT2D eigenvalue weighted by Crippen LogP contribution is 2.41. The number of carbonyl (C=O) groups excluding carboxylic acids is 1. The molecule has 1 aromatic heterocycles. The number of rotatable bonds is 10. The van der Waals surface area contributed by atoms with Crippen LogP contribution in [0.25, 0.3) is 11.3 Å². The molecule has 1 atom stereocenters. The molecule has 0 aliphatic heterocycles. The van der Waals surface area contributed by atoms with E-state index in [-0.39, 0.29) is 24.9 Å². The highest BCUT2D eigenvalue weighted by atomic mass is 16.4. The number of hydrogen-bond donors (Lipinski definition) is 3. The number of amides is 1. The molecule has 1 fully saturated rings. The maximum Gasteiger partial charge on any atom is 0.305 e. The molecule has 1 unspecified atom stereocenters. The van der Waals surface area contributed by atoms with Gasteiger partial charge < -0.3 is 20.2 Å². The van der Waals surface area contributed by atoms with E-state index in [9.17, 15) is 9.59 Å². The van der Waals surface area contributed by atoms with Crippen molar-refractivity contribution >= 4 is 17.6 Å². The fraction of sp³-hybridized carbons (Fsp3) is 0.357. The van der Waals surface area contributed by atoms with Gasteiger partial charge in [-0.05, 0) is 49.1 Å². The number of aliphatic carboxylic acids is 1. The van der Waals surface area contributed by atoms with Gasteiger partial charge in [0.2, 0.25) is 0 Å². The number of carbonyl (C=O) groups is 2. The molecule has 2 aromatic carbocycles. The first-order valence-corrected chi connectivity index (χ1v) is 12.1. The van der Waals surface area contributed by atoms with Crippen LogP contribution in [0.4, 0.5) is 5.69 Å². The third-order valence-electron chi connectivity index (χ3n) is 6.52. The van der Waals surface area contributed by atoms with Gasteiger partial charge in [-0.2, -0.15) is 0 Å². The average molecular weight is 461 g/mol. The lowest BCUT2D eigenvalue weighted by atomic mass is 9.90. The number of carboxylic acid groups (broad SMARTS) is 1. The van der Waals surface area contributed by atoms with Crippen molar-refractivity contribution in [2.24, 2.45) is 5.92 Å². The zero-order chi connectivity index (χ0) is 23.9. The number of aryl methyl sites for hydroxylation is 1. The summed E-state index contributed by atoms with van der Waals surface area (Å²) in [4.78, 5) is 22.9. The SMILES string of the molecule is CCc1oc(-c2ccccc2)cc1C(Nc1ccc(C(=O)NCCC(=O)O)cc1)C1CCCC1. The van der Waals surface area contributed by atoms with Gasteiger partial charge >= 0.3 is 5.97 Å². The van der Waals surface area contributed by atoms with Gasteiger partial charge in [0, 0.05) is 35.3 Å². The molecule has 0 bridgehead atoms. The lowest BCUT2D eigenvalue weighted by Gasteiger charge is -2.26. The third kappa shape index (κ3) is 5.68. The zero-order valence-electron chi connectivity index (χ0n) is 19.5. The first kappa shape index (κ1) is 23.6. The number of furan rings is 1. The van der Waals surface area contributed by atoms with Crippen LogP contribution in [-0.2, 0) is 11.2 Å². The maximum absolute atomic E-state index is 12.3. The first-order chi connectivity index (χ1) is 16.5. The number of benzene rings is 2. The summed E-state index contributed by atoms with van der Waals surface area (Å²) in [7, 11) is 0. The molecule has 1 amide bonds. The molecule has 1 aliphatic rings. The summed E-state index contributed by atoms with van der Waals surface area (Å²) < 4.78 is 6.30. The van der Waals surface area contributed by atoms with Crippen LogP contribution < -0.4 is 10.6 Å². The largest absolute Gasteiger partial charge is 0.481 e.